The maximum atomic E-state index is 12.9. The van der Waals surface area contributed by atoms with E-state index in [1.807, 2.05) is 13.1 Å². The van der Waals surface area contributed by atoms with E-state index in [2.05, 4.69) is 15.2 Å². The fraction of sp³-hybridized carbons (Fsp3) is 0.500. The van der Waals surface area contributed by atoms with Crippen molar-refractivity contribution in [3.8, 4) is 5.75 Å². The van der Waals surface area contributed by atoms with E-state index in [9.17, 15) is 14.4 Å². The molecule has 0 unspecified atom stereocenters. The van der Waals surface area contributed by atoms with E-state index in [-0.39, 0.29) is 30.4 Å². The maximum Gasteiger partial charge on any atom is 0.234 e. The molecule has 2 aliphatic heterocycles. The van der Waals surface area contributed by atoms with Crippen LogP contribution < -0.4 is 10.1 Å². The minimum absolute atomic E-state index is 0.0283. The van der Waals surface area contributed by atoms with Crippen LogP contribution in [0.25, 0.3) is 0 Å². The van der Waals surface area contributed by atoms with E-state index in [1.54, 1.807) is 36.3 Å². The average Bonchev–Trinajstić information content (AvgIpc) is 2.91. The normalized spacial score (nSPS) is 15.8. The molecular formula is C28H36N4O4. The number of fused-ring (bicyclic) bond motifs is 1. The smallest absolute Gasteiger partial charge is 0.234 e. The third-order valence-electron chi connectivity index (χ3n) is 7.20. The zero-order chi connectivity index (χ0) is 25.5. The molecule has 1 N–H and O–H groups in total. The molecule has 0 atom stereocenters. The monoisotopic (exact) mass is 492 g/mol. The maximum absolute atomic E-state index is 12.9. The number of pyridine rings is 1. The molecule has 4 rings (SSSR count). The molecule has 8 heteroatoms. The van der Waals surface area contributed by atoms with Crippen LogP contribution in [0.4, 0.5) is 0 Å². The van der Waals surface area contributed by atoms with E-state index in [0.29, 0.717) is 43.9 Å². The lowest BCUT2D eigenvalue weighted by atomic mass is 9.94. The van der Waals surface area contributed by atoms with Crippen molar-refractivity contribution in [2.24, 2.45) is 0 Å². The first-order chi connectivity index (χ1) is 17.4. The molecule has 1 aromatic heterocycles. The number of piperidine rings is 1. The molecule has 2 amide bonds. The van der Waals surface area contributed by atoms with Gasteiger partial charge in [0.25, 0.3) is 0 Å². The largest absolute Gasteiger partial charge is 0.497 e. The molecule has 1 saturated heterocycles. The summed E-state index contributed by atoms with van der Waals surface area (Å²) in [6, 6.07) is 6.95. The number of hydrogen-bond acceptors (Lipinski definition) is 6. The number of nitrogens with zero attached hydrogens (tertiary/aromatic N) is 3. The predicted octanol–water partition coefficient (Wildman–Crippen LogP) is 3.05. The van der Waals surface area contributed by atoms with Crippen LogP contribution in [0.1, 0.15) is 64.8 Å². The molecule has 3 heterocycles. The summed E-state index contributed by atoms with van der Waals surface area (Å²) in [5.41, 5.74) is 4.75. The van der Waals surface area contributed by atoms with Crippen LogP contribution >= 0.6 is 0 Å². The third kappa shape index (κ3) is 6.49. The van der Waals surface area contributed by atoms with E-state index < -0.39 is 0 Å². The summed E-state index contributed by atoms with van der Waals surface area (Å²) in [6.45, 7) is 5.93. The SMILES string of the molecule is COc1ccc(C(=O)CCC(=O)N2CCc3c(cnc(C)c3CNC(=O)CN3CCCCC3)C2)cc1. The van der Waals surface area contributed by atoms with Crippen LogP contribution in [0.15, 0.2) is 30.5 Å². The fourth-order valence-electron chi connectivity index (χ4n) is 5.03. The summed E-state index contributed by atoms with van der Waals surface area (Å²) in [7, 11) is 1.58. The molecule has 1 fully saturated rings. The minimum atomic E-state index is -0.0525. The van der Waals surface area contributed by atoms with E-state index in [4.69, 9.17) is 4.74 Å². The number of carbonyl (C=O) groups excluding carboxylic acids is 3. The van der Waals surface area contributed by atoms with Crippen LogP contribution in [0.5, 0.6) is 5.75 Å². The van der Waals surface area contributed by atoms with E-state index >= 15 is 0 Å². The Bertz CT molecular complexity index is 1090. The summed E-state index contributed by atoms with van der Waals surface area (Å²) in [6.07, 6.45) is 6.48. The van der Waals surface area contributed by atoms with Crippen molar-refractivity contribution < 1.29 is 19.1 Å². The Morgan fingerprint density at radius 3 is 2.50 bits per heavy atom. The molecule has 1 aromatic carbocycles. The number of likely N-dealkylation sites (tertiary alicyclic amines) is 1. The van der Waals surface area contributed by atoms with Crippen molar-refractivity contribution in [1.82, 2.24) is 20.1 Å². The number of carbonyl (C=O) groups is 3. The van der Waals surface area contributed by atoms with Gasteiger partial charge in [-0.15, -0.1) is 0 Å². The summed E-state index contributed by atoms with van der Waals surface area (Å²) in [4.78, 5) is 46.4. The standard InChI is InChI=1S/C28H36N4O4/c1-20-25(17-30-27(34)19-31-13-4-3-5-14-31)24-12-15-32(18-22(24)16-29-20)28(35)11-10-26(33)21-6-8-23(36-2)9-7-21/h6-9,16H,3-5,10-15,17-19H2,1-2H3,(H,30,34). The quantitative estimate of drug-likeness (QED) is 0.541. The van der Waals surface area contributed by atoms with Gasteiger partial charge in [-0.3, -0.25) is 24.3 Å². The Balaban J connectivity index is 1.31. The number of aromatic nitrogens is 1. The molecule has 0 bridgehead atoms. The average molecular weight is 493 g/mol. The zero-order valence-electron chi connectivity index (χ0n) is 21.3. The molecule has 0 radical (unpaired) electrons. The number of Topliss-reactive ketones (excluding diaryl/α,β-unsaturated/α-hetero) is 1. The third-order valence-corrected chi connectivity index (χ3v) is 7.20. The van der Waals surface area contributed by atoms with Gasteiger partial charge in [-0.05, 0) is 80.2 Å². The Labute approximate surface area is 213 Å². The van der Waals surface area contributed by atoms with Gasteiger partial charge in [0.2, 0.25) is 11.8 Å². The van der Waals surface area contributed by atoms with Crippen molar-refractivity contribution in [3.05, 3.63) is 58.4 Å². The van der Waals surface area contributed by atoms with Gasteiger partial charge in [0.1, 0.15) is 5.75 Å². The van der Waals surface area contributed by atoms with Crippen molar-refractivity contribution in [1.29, 1.82) is 0 Å². The Hall–Kier alpha value is -3.26. The Morgan fingerprint density at radius 1 is 1.03 bits per heavy atom. The second-order valence-electron chi connectivity index (χ2n) is 9.66. The molecule has 192 valence electrons. The molecular weight excluding hydrogens is 456 g/mol. The molecule has 36 heavy (non-hydrogen) atoms. The number of rotatable bonds is 9. The number of aryl methyl sites for hydroxylation is 1. The van der Waals surface area contributed by atoms with E-state index in [0.717, 1.165) is 42.8 Å². The van der Waals surface area contributed by atoms with Crippen LogP contribution in [-0.4, -0.2) is 65.7 Å². The van der Waals surface area contributed by atoms with Crippen molar-refractivity contribution in [2.75, 3.05) is 33.3 Å². The van der Waals surface area contributed by atoms with Gasteiger partial charge in [0, 0.05) is 49.9 Å². The van der Waals surface area contributed by atoms with Gasteiger partial charge >= 0.3 is 0 Å². The van der Waals surface area contributed by atoms with Crippen molar-refractivity contribution in [2.45, 2.75) is 58.5 Å². The van der Waals surface area contributed by atoms with Crippen LogP contribution in [0.3, 0.4) is 0 Å². The lowest BCUT2D eigenvalue weighted by molar-refractivity contribution is -0.132. The summed E-state index contributed by atoms with van der Waals surface area (Å²) in [5.74, 6) is 0.658. The highest BCUT2D eigenvalue weighted by molar-refractivity contribution is 5.98. The van der Waals surface area contributed by atoms with Gasteiger partial charge in [0.05, 0.1) is 13.7 Å². The van der Waals surface area contributed by atoms with Gasteiger partial charge in [-0.25, -0.2) is 0 Å². The first kappa shape index (κ1) is 25.8. The topological polar surface area (TPSA) is 91.8 Å². The molecule has 0 spiro atoms. The number of benzene rings is 1. The second-order valence-corrected chi connectivity index (χ2v) is 9.66. The highest BCUT2D eigenvalue weighted by atomic mass is 16.5. The highest BCUT2D eigenvalue weighted by Gasteiger charge is 2.25. The van der Waals surface area contributed by atoms with Crippen molar-refractivity contribution in [3.63, 3.8) is 0 Å². The van der Waals surface area contributed by atoms with Crippen LogP contribution in [0.2, 0.25) is 0 Å². The summed E-state index contributed by atoms with van der Waals surface area (Å²) < 4.78 is 5.13. The minimum Gasteiger partial charge on any atom is -0.497 e. The van der Waals surface area contributed by atoms with E-state index in [1.165, 1.54) is 12.0 Å². The van der Waals surface area contributed by atoms with Crippen LogP contribution in [0, 0.1) is 6.92 Å². The fourth-order valence-corrected chi connectivity index (χ4v) is 5.03. The second kappa shape index (κ2) is 12.1. The number of amides is 2. The highest BCUT2D eigenvalue weighted by Crippen LogP contribution is 2.25. The number of ketones is 1. The lowest BCUT2D eigenvalue weighted by Gasteiger charge is -2.31. The first-order valence-corrected chi connectivity index (χ1v) is 12.8. The van der Waals surface area contributed by atoms with Gasteiger partial charge in [0.15, 0.2) is 5.78 Å². The Kier molecular flexibility index (Phi) is 8.70. The number of hydrogen-bond donors (Lipinski definition) is 1. The van der Waals surface area contributed by atoms with Gasteiger partial charge in [-0.1, -0.05) is 6.42 Å². The molecule has 2 aliphatic rings. The molecule has 8 nitrogen and oxygen atoms in total. The molecule has 2 aromatic rings. The lowest BCUT2D eigenvalue weighted by Crippen LogP contribution is -2.40. The number of nitrogens with one attached hydrogen (secondary N) is 1. The number of ether oxygens (including phenoxy) is 1. The summed E-state index contributed by atoms with van der Waals surface area (Å²) >= 11 is 0. The molecule has 0 saturated carbocycles. The molecule has 0 aliphatic carbocycles. The van der Waals surface area contributed by atoms with Gasteiger partial charge < -0.3 is 15.0 Å². The summed E-state index contributed by atoms with van der Waals surface area (Å²) in [5, 5.41) is 3.08. The van der Waals surface area contributed by atoms with Gasteiger partial charge in [-0.2, -0.15) is 0 Å². The van der Waals surface area contributed by atoms with Crippen LogP contribution in [-0.2, 0) is 29.1 Å². The Morgan fingerprint density at radius 2 is 1.78 bits per heavy atom. The zero-order valence-corrected chi connectivity index (χ0v) is 21.3. The first-order valence-electron chi connectivity index (χ1n) is 12.8. The van der Waals surface area contributed by atoms with Crippen molar-refractivity contribution >= 4 is 17.6 Å². The predicted molar refractivity (Wildman–Crippen MR) is 137 cm³/mol. The number of methoxy groups -OCH3 is 1.